The molecule has 128 valence electrons. The van der Waals surface area contributed by atoms with Crippen molar-refractivity contribution in [3.8, 4) is 11.8 Å². The predicted octanol–water partition coefficient (Wildman–Crippen LogP) is 2.71. The molecule has 0 bridgehead atoms. The summed E-state index contributed by atoms with van der Waals surface area (Å²) in [5.74, 6) is -0.574. The van der Waals surface area contributed by atoms with Crippen LogP contribution in [0.4, 0.5) is 0 Å². The Bertz CT molecular complexity index is 633. The van der Waals surface area contributed by atoms with Crippen LogP contribution < -0.4 is 10.1 Å². The number of carbonyl (C=O) groups excluding carboxylic acids is 2. The van der Waals surface area contributed by atoms with Crippen LogP contribution in [-0.4, -0.2) is 30.1 Å². The molecule has 1 aliphatic carbocycles. The van der Waals surface area contributed by atoms with E-state index in [0.29, 0.717) is 18.6 Å². The topological polar surface area (TPSA) is 88.4 Å². The first-order valence-electron chi connectivity index (χ1n) is 7.75. The van der Waals surface area contributed by atoms with Gasteiger partial charge in [0, 0.05) is 4.47 Å². The Hall–Kier alpha value is -2.07. The van der Waals surface area contributed by atoms with Crippen molar-refractivity contribution >= 4 is 27.8 Å². The Kier molecular flexibility index (Phi) is 6.21. The van der Waals surface area contributed by atoms with Crippen LogP contribution >= 0.6 is 15.9 Å². The Balaban J connectivity index is 1.78. The van der Waals surface area contributed by atoms with Gasteiger partial charge in [0.1, 0.15) is 11.3 Å². The Labute approximate surface area is 149 Å². The van der Waals surface area contributed by atoms with Crippen LogP contribution in [0.3, 0.4) is 0 Å². The SMILES string of the molecule is C[C@@H](Oc1ccc(Br)cc1)C(=O)OCC(=O)NC1(C#N)CCCC1. The Morgan fingerprint density at radius 2 is 1.96 bits per heavy atom. The highest BCUT2D eigenvalue weighted by molar-refractivity contribution is 9.10. The molecule has 1 aromatic carbocycles. The largest absolute Gasteiger partial charge is 0.479 e. The highest BCUT2D eigenvalue weighted by atomic mass is 79.9. The molecule has 1 N–H and O–H groups in total. The third-order valence-electron chi connectivity index (χ3n) is 3.85. The molecular weight excluding hydrogens is 376 g/mol. The van der Waals surface area contributed by atoms with Gasteiger partial charge in [-0.25, -0.2) is 4.79 Å². The molecule has 1 atom stereocenters. The monoisotopic (exact) mass is 394 g/mol. The van der Waals surface area contributed by atoms with Crippen molar-refractivity contribution < 1.29 is 19.1 Å². The number of ether oxygens (including phenoxy) is 2. The number of esters is 1. The number of rotatable bonds is 6. The number of halogens is 1. The third-order valence-corrected chi connectivity index (χ3v) is 4.38. The molecule has 7 heteroatoms. The molecule has 0 spiro atoms. The molecule has 1 aromatic rings. The molecule has 1 saturated carbocycles. The van der Waals surface area contributed by atoms with E-state index in [1.165, 1.54) is 0 Å². The summed E-state index contributed by atoms with van der Waals surface area (Å²) in [5.41, 5.74) is -0.816. The van der Waals surface area contributed by atoms with Crippen molar-refractivity contribution in [2.75, 3.05) is 6.61 Å². The fourth-order valence-electron chi connectivity index (χ4n) is 2.57. The average Bonchev–Trinajstić information content (AvgIpc) is 3.03. The molecule has 0 saturated heterocycles. The number of nitriles is 1. The summed E-state index contributed by atoms with van der Waals surface area (Å²) in [5, 5.41) is 11.9. The average molecular weight is 395 g/mol. The van der Waals surface area contributed by atoms with E-state index in [1.807, 2.05) is 0 Å². The van der Waals surface area contributed by atoms with Crippen molar-refractivity contribution in [1.82, 2.24) is 5.32 Å². The van der Waals surface area contributed by atoms with E-state index in [0.717, 1.165) is 17.3 Å². The van der Waals surface area contributed by atoms with E-state index < -0.39 is 30.1 Å². The van der Waals surface area contributed by atoms with Gasteiger partial charge < -0.3 is 14.8 Å². The Morgan fingerprint density at radius 1 is 1.33 bits per heavy atom. The van der Waals surface area contributed by atoms with Crippen LogP contribution in [-0.2, 0) is 14.3 Å². The summed E-state index contributed by atoms with van der Waals surface area (Å²) >= 11 is 3.31. The van der Waals surface area contributed by atoms with Crippen molar-refractivity contribution in [1.29, 1.82) is 5.26 Å². The summed E-state index contributed by atoms with van der Waals surface area (Å²) < 4.78 is 11.3. The smallest absolute Gasteiger partial charge is 0.347 e. The van der Waals surface area contributed by atoms with Crippen LogP contribution in [0.25, 0.3) is 0 Å². The lowest BCUT2D eigenvalue weighted by Gasteiger charge is -2.22. The molecule has 0 aliphatic heterocycles. The molecule has 2 rings (SSSR count). The summed E-state index contributed by atoms with van der Waals surface area (Å²) in [6, 6.07) is 9.18. The fraction of sp³-hybridized carbons (Fsp3) is 0.471. The minimum Gasteiger partial charge on any atom is -0.479 e. The van der Waals surface area contributed by atoms with Crippen molar-refractivity contribution in [2.45, 2.75) is 44.2 Å². The van der Waals surface area contributed by atoms with Gasteiger partial charge in [-0.2, -0.15) is 5.26 Å². The summed E-state index contributed by atoms with van der Waals surface area (Å²) in [6.45, 7) is 1.13. The first-order valence-corrected chi connectivity index (χ1v) is 8.54. The quantitative estimate of drug-likeness (QED) is 0.749. The molecule has 0 radical (unpaired) electrons. The molecular formula is C17H19BrN2O4. The Morgan fingerprint density at radius 3 is 2.54 bits per heavy atom. The molecule has 0 unspecified atom stereocenters. The normalized spacial score (nSPS) is 16.7. The zero-order chi connectivity index (χ0) is 17.6. The number of carbonyl (C=O) groups is 2. The van der Waals surface area contributed by atoms with Crippen LogP contribution in [0.2, 0.25) is 0 Å². The van der Waals surface area contributed by atoms with Crippen molar-refractivity contribution in [2.24, 2.45) is 0 Å². The number of nitrogens with zero attached hydrogens (tertiary/aromatic N) is 1. The second kappa shape index (κ2) is 8.15. The molecule has 6 nitrogen and oxygen atoms in total. The number of benzene rings is 1. The van der Waals surface area contributed by atoms with Gasteiger partial charge in [0.25, 0.3) is 5.91 Å². The van der Waals surface area contributed by atoms with E-state index in [4.69, 9.17) is 9.47 Å². The second-order valence-corrected chi connectivity index (χ2v) is 6.69. The van der Waals surface area contributed by atoms with Gasteiger partial charge in [-0.1, -0.05) is 15.9 Å². The highest BCUT2D eigenvalue weighted by Crippen LogP contribution is 2.28. The number of hydrogen-bond acceptors (Lipinski definition) is 5. The molecule has 1 fully saturated rings. The third kappa shape index (κ3) is 4.96. The van der Waals surface area contributed by atoms with Gasteiger partial charge in [0.05, 0.1) is 6.07 Å². The van der Waals surface area contributed by atoms with Crippen LogP contribution in [0, 0.1) is 11.3 Å². The number of hydrogen-bond donors (Lipinski definition) is 1. The van der Waals surface area contributed by atoms with Crippen LogP contribution in [0.5, 0.6) is 5.75 Å². The fourth-order valence-corrected chi connectivity index (χ4v) is 2.83. The zero-order valence-electron chi connectivity index (χ0n) is 13.4. The zero-order valence-corrected chi connectivity index (χ0v) is 15.0. The van der Waals surface area contributed by atoms with Crippen molar-refractivity contribution in [3.05, 3.63) is 28.7 Å². The number of amides is 1. The molecule has 1 amide bonds. The van der Waals surface area contributed by atoms with E-state index in [2.05, 4.69) is 27.3 Å². The first kappa shape index (κ1) is 18.3. The van der Waals surface area contributed by atoms with Gasteiger partial charge in [-0.05, 0) is 56.9 Å². The van der Waals surface area contributed by atoms with Gasteiger partial charge in [0.2, 0.25) is 0 Å². The standard InChI is InChI=1S/C17H19BrN2O4/c1-12(24-14-6-4-13(18)5-7-14)16(22)23-10-15(21)20-17(11-19)8-2-3-9-17/h4-7,12H,2-3,8-10H2,1H3,(H,20,21)/t12-/m1/s1. The first-order chi connectivity index (χ1) is 11.4. The number of nitrogens with one attached hydrogen (secondary N) is 1. The van der Waals surface area contributed by atoms with Gasteiger partial charge in [0.15, 0.2) is 12.7 Å². The van der Waals surface area contributed by atoms with Crippen molar-refractivity contribution in [3.63, 3.8) is 0 Å². The maximum Gasteiger partial charge on any atom is 0.347 e. The summed E-state index contributed by atoms with van der Waals surface area (Å²) in [4.78, 5) is 23.8. The highest BCUT2D eigenvalue weighted by Gasteiger charge is 2.35. The minimum atomic E-state index is -0.838. The maximum atomic E-state index is 11.9. The molecule has 0 aromatic heterocycles. The lowest BCUT2D eigenvalue weighted by molar-refractivity contribution is -0.155. The van der Waals surface area contributed by atoms with E-state index in [-0.39, 0.29) is 0 Å². The maximum absolute atomic E-state index is 11.9. The van der Waals surface area contributed by atoms with Gasteiger partial charge >= 0.3 is 5.97 Å². The summed E-state index contributed by atoms with van der Waals surface area (Å²) in [7, 11) is 0. The second-order valence-electron chi connectivity index (χ2n) is 5.77. The lowest BCUT2D eigenvalue weighted by atomic mass is 10.00. The lowest BCUT2D eigenvalue weighted by Crippen LogP contribution is -2.47. The predicted molar refractivity (Wildman–Crippen MR) is 90.1 cm³/mol. The van der Waals surface area contributed by atoms with E-state index >= 15 is 0 Å². The molecule has 1 aliphatic rings. The van der Waals surface area contributed by atoms with E-state index in [1.54, 1.807) is 31.2 Å². The van der Waals surface area contributed by atoms with Crippen LogP contribution in [0.1, 0.15) is 32.6 Å². The molecule has 24 heavy (non-hydrogen) atoms. The van der Waals surface area contributed by atoms with Gasteiger partial charge in [-0.15, -0.1) is 0 Å². The van der Waals surface area contributed by atoms with E-state index in [9.17, 15) is 14.9 Å². The van der Waals surface area contributed by atoms with Crippen LogP contribution in [0.15, 0.2) is 28.7 Å². The summed E-state index contributed by atoms with van der Waals surface area (Å²) in [6.07, 6.45) is 2.24. The molecule has 0 heterocycles. The van der Waals surface area contributed by atoms with Gasteiger partial charge in [-0.3, -0.25) is 4.79 Å². The minimum absolute atomic E-state index is 0.420.